The highest BCUT2D eigenvalue weighted by molar-refractivity contribution is 5.77. The fourth-order valence-electron chi connectivity index (χ4n) is 5.74. The number of anilines is 1. The van der Waals surface area contributed by atoms with E-state index in [1.165, 1.54) is 18.7 Å². The predicted octanol–water partition coefficient (Wildman–Crippen LogP) is 5.18. The second-order valence-corrected chi connectivity index (χ2v) is 10.5. The van der Waals surface area contributed by atoms with Crippen LogP contribution in [0.5, 0.6) is 11.5 Å². The summed E-state index contributed by atoms with van der Waals surface area (Å²) in [5, 5.41) is 13.5. The van der Waals surface area contributed by atoms with E-state index in [4.69, 9.17) is 19.2 Å². The minimum atomic E-state index is -1.01. The van der Waals surface area contributed by atoms with Gasteiger partial charge in [-0.3, -0.25) is 9.69 Å². The van der Waals surface area contributed by atoms with Gasteiger partial charge in [-0.2, -0.15) is 0 Å². The summed E-state index contributed by atoms with van der Waals surface area (Å²) in [6.07, 6.45) is 8.16. The Morgan fingerprint density at radius 1 is 1.21 bits per heavy atom. The number of nitrogens with zero attached hydrogens (tertiary/aromatic N) is 2. The number of carboxylic acid groups (broad SMARTS) is 1. The van der Waals surface area contributed by atoms with Gasteiger partial charge in [-0.25, -0.2) is 9.37 Å². The number of unbranched alkanes of at least 4 members (excludes halogenated alkanes) is 2. The molecule has 2 aliphatic heterocycles. The Labute approximate surface area is 230 Å². The van der Waals surface area contributed by atoms with Gasteiger partial charge in [-0.15, -0.1) is 0 Å². The molecule has 0 amide bonds. The number of aliphatic carboxylic acids is 1. The zero-order valence-corrected chi connectivity index (χ0v) is 23.4. The average molecular weight is 544 g/mol. The first-order valence-electron chi connectivity index (χ1n) is 14.2. The second-order valence-electron chi connectivity index (χ2n) is 10.5. The second kappa shape index (κ2) is 13.9. The Balaban J connectivity index is 1.26. The van der Waals surface area contributed by atoms with Crippen LogP contribution < -0.4 is 14.8 Å². The molecule has 2 N–H and O–H groups in total. The Kier molecular flexibility index (Phi) is 10.4. The summed E-state index contributed by atoms with van der Waals surface area (Å²) in [5.74, 6) is 0.366. The van der Waals surface area contributed by atoms with Crippen LogP contribution in [-0.4, -0.2) is 67.5 Å². The number of benzene rings is 1. The van der Waals surface area contributed by atoms with E-state index < -0.39 is 17.8 Å². The lowest BCUT2D eigenvalue weighted by Crippen LogP contribution is -2.34. The molecule has 0 bridgehead atoms. The van der Waals surface area contributed by atoms with Crippen LogP contribution in [0.3, 0.4) is 0 Å². The van der Waals surface area contributed by atoms with Crippen LogP contribution in [0.25, 0.3) is 0 Å². The SMILES string of the molecule is CCCc1cc(F)c(OC)c(C(C(=O)O)N2CC[C@@H](OCCCCCc3cc(OC)c4c(n3)NCCC4)C2)c1. The Morgan fingerprint density at radius 3 is 2.79 bits per heavy atom. The summed E-state index contributed by atoms with van der Waals surface area (Å²) < 4.78 is 31.7. The van der Waals surface area contributed by atoms with Gasteiger partial charge >= 0.3 is 5.97 Å². The molecule has 0 saturated carbocycles. The van der Waals surface area contributed by atoms with Crippen molar-refractivity contribution in [3.8, 4) is 11.5 Å². The number of rotatable bonds is 14. The van der Waals surface area contributed by atoms with Gasteiger partial charge in [0.2, 0.25) is 0 Å². The van der Waals surface area contributed by atoms with Crippen LogP contribution in [0.2, 0.25) is 0 Å². The number of carboxylic acids is 1. The van der Waals surface area contributed by atoms with Crippen LogP contribution in [-0.2, 0) is 28.8 Å². The van der Waals surface area contributed by atoms with Gasteiger partial charge < -0.3 is 24.6 Å². The van der Waals surface area contributed by atoms with E-state index in [-0.39, 0.29) is 11.9 Å². The summed E-state index contributed by atoms with van der Waals surface area (Å²) in [7, 11) is 3.09. The van der Waals surface area contributed by atoms with E-state index in [9.17, 15) is 14.3 Å². The minimum Gasteiger partial charge on any atom is -0.496 e. The number of hydrogen-bond donors (Lipinski definition) is 2. The lowest BCUT2D eigenvalue weighted by molar-refractivity contribution is -0.143. The van der Waals surface area contributed by atoms with Crippen LogP contribution in [0.15, 0.2) is 18.2 Å². The molecule has 4 rings (SSSR count). The lowest BCUT2D eigenvalue weighted by atomic mass is 9.99. The molecule has 2 aliphatic rings. The zero-order valence-electron chi connectivity index (χ0n) is 23.4. The number of likely N-dealkylation sites (tertiary alicyclic amines) is 1. The number of methoxy groups -OCH3 is 2. The average Bonchev–Trinajstić information content (AvgIpc) is 3.38. The van der Waals surface area contributed by atoms with Gasteiger partial charge in [0.1, 0.15) is 17.6 Å². The first-order chi connectivity index (χ1) is 18.9. The number of pyridine rings is 1. The van der Waals surface area contributed by atoms with Gasteiger partial charge in [0.25, 0.3) is 0 Å². The van der Waals surface area contributed by atoms with Crippen molar-refractivity contribution in [1.82, 2.24) is 9.88 Å². The molecule has 1 aromatic carbocycles. The maximum Gasteiger partial charge on any atom is 0.325 e. The molecular weight excluding hydrogens is 501 g/mol. The normalized spacial score (nSPS) is 17.9. The molecule has 8 nitrogen and oxygen atoms in total. The van der Waals surface area contributed by atoms with E-state index in [0.717, 1.165) is 80.7 Å². The molecule has 1 saturated heterocycles. The maximum atomic E-state index is 14.7. The van der Waals surface area contributed by atoms with E-state index in [1.54, 1.807) is 13.2 Å². The molecule has 2 atom stereocenters. The highest BCUT2D eigenvalue weighted by Crippen LogP contribution is 2.36. The summed E-state index contributed by atoms with van der Waals surface area (Å²) in [6, 6.07) is 4.31. The molecule has 0 spiro atoms. The Hall–Kier alpha value is -2.91. The zero-order chi connectivity index (χ0) is 27.8. The molecule has 3 heterocycles. The molecule has 1 unspecified atom stereocenters. The van der Waals surface area contributed by atoms with Gasteiger partial charge in [0.15, 0.2) is 11.6 Å². The van der Waals surface area contributed by atoms with Gasteiger partial charge in [-0.1, -0.05) is 19.8 Å². The Bertz CT molecular complexity index is 1110. The summed E-state index contributed by atoms with van der Waals surface area (Å²) in [4.78, 5) is 19.0. The largest absolute Gasteiger partial charge is 0.496 e. The number of aromatic nitrogens is 1. The van der Waals surface area contributed by atoms with Crippen LogP contribution in [0.4, 0.5) is 10.2 Å². The number of aryl methyl sites for hydroxylation is 2. The van der Waals surface area contributed by atoms with Crippen LogP contribution >= 0.6 is 0 Å². The fourth-order valence-corrected chi connectivity index (χ4v) is 5.74. The quantitative estimate of drug-likeness (QED) is 0.315. The molecule has 0 aliphatic carbocycles. The van der Waals surface area contributed by atoms with Crippen molar-refractivity contribution in [2.75, 3.05) is 45.8 Å². The third-order valence-electron chi connectivity index (χ3n) is 7.63. The molecule has 214 valence electrons. The number of carbonyl (C=O) groups is 1. The van der Waals surface area contributed by atoms with Gasteiger partial charge in [-0.05, 0) is 62.6 Å². The number of hydrogen-bond acceptors (Lipinski definition) is 7. The standard InChI is InChI=1S/C30H42FN3O5/c1-4-9-20-16-24(28(38-3)25(31)17-20)27(30(35)36)34-14-12-22(19-34)39-15-7-5-6-10-21-18-26(37-2)23-11-8-13-32-29(23)33-21/h16-18,22,27H,4-15,19H2,1-3H3,(H,32,33)(H,35,36)/t22-,27?/m1/s1. The monoisotopic (exact) mass is 543 g/mol. The topological polar surface area (TPSA) is 93.2 Å². The molecule has 1 fully saturated rings. The smallest absolute Gasteiger partial charge is 0.325 e. The molecule has 0 radical (unpaired) electrons. The number of ether oxygens (including phenoxy) is 3. The van der Waals surface area contributed by atoms with Crippen molar-refractivity contribution in [3.63, 3.8) is 0 Å². The third-order valence-corrected chi connectivity index (χ3v) is 7.63. The van der Waals surface area contributed by atoms with Crippen LogP contribution in [0, 0.1) is 5.82 Å². The maximum absolute atomic E-state index is 14.7. The highest BCUT2D eigenvalue weighted by Gasteiger charge is 2.36. The number of halogens is 1. The molecule has 2 aromatic rings. The number of nitrogens with one attached hydrogen (secondary N) is 1. The van der Waals surface area contributed by atoms with Crippen molar-refractivity contribution in [2.24, 2.45) is 0 Å². The van der Waals surface area contributed by atoms with Gasteiger partial charge in [0.05, 0.1) is 20.3 Å². The third kappa shape index (κ3) is 7.19. The summed E-state index contributed by atoms with van der Waals surface area (Å²) in [5.41, 5.74) is 3.37. The van der Waals surface area contributed by atoms with Crippen molar-refractivity contribution < 1.29 is 28.5 Å². The fraction of sp³-hybridized carbons (Fsp3) is 0.600. The van der Waals surface area contributed by atoms with Crippen molar-refractivity contribution >= 4 is 11.8 Å². The van der Waals surface area contributed by atoms with Gasteiger partial charge in [0, 0.05) is 49.1 Å². The van der Waals surface area contributed by atoms with E-state index in [1.807, 2.05) is 11.8 Å². The van der Waals surface area contributed by atoms with Crippen molar-refractivity contribution in [2.45, 2.75) is 76.9 Å². The summed E-state index contributed by atoms with van der Waals surface area (Å²) in [6.45, 7) is 4.66. The molecule has 1 aromatic heterocycles. The molecule has 39 heavy (non-hydrogen) atoms. The summed E-state index contributed by atoms with van der Waals surface area (Å²) >= 11 is 0. The first-order valence-corrected chi connectivity index (χ1v) is 14.2. The van der Waals surface area contributed by atoms with Crippen molar-refractivity contribution in [1.29, 1.82) is 0 Å². The van der Waals surface area contributed by atoms with E-state index >= 15 is 0 Å². The van der Waals surface area contributed by atoms with Crippen LogP contribution in [0.1, 0.15) is 73.9 Å². The van der Waals surface area contributed by atoms with E-state index in [0.29, 0.717) is 31.7 Å². The first kappa shape index (κ1) is 29.1. The number of fused-ring (bicyclic) bond motifs is 1. The van der Waals surface area contributed by atoms with E-state index in [2.05, 4.69) is 11.4 Å². The lowest BCUT2D eigenvalue weighted by Gasteiger charge is -2.26. The Morgan fingerprint density at radius 2 is 2.05 bits per heavy atom. The molecular formula is C30H42FN3O5. The predicted molar refractivity (Wildman–Crippen MR) is 148 cm³/mol. The highest BCUT2D eigenvalue weighted by atomic mass is 19.1. The molecule has 9 heteroatoms. The van der Waals surface area contributed by atoms with Crippen molar-refractivity contribution in [3.05, 3.63) is 46.4 Å². The minimum absolute atomic E-state index is 0.00781.